The Bertz CT molecular complexity index is 417. The quantitative estimate of drug-likeness (QED) is 0.636. The van der Waals surface area contributed by atoms with Gasteiger partial charge < -0.3 is 0 Å². The van der Waals surface area contributed by atoms with Gasteiger partial charge in [-0.1, -0.05) is 17.7 Å². The first-order chi connectivity index (χ1) is 7.24. The molecule has 0 bridgehead atoms. The average molecular weight is 243 g/mol. The summed E-state index contributed by atoms with van der Waals surface area (Å²) in [5.74, 6) is 5.55. The minimum Gasteiger partial charge on any atom is -0.270 e. The summed E-state index contributed by atoms with van der Waals surface area (Å²) in [5.41, 5.74) is 3.63. The van der Waals surface area contributed by atoms with Gasteiger partial charge in [0, 0.05) is 11.9 Å². The maximum absolute atomic E-state index is 6.06. The van der Waals surface area contributed by atoms with Crippen LogP contribution in [-0.2, 0) is 7.05 Å². The number of nitrogens with one attached hydrogen (secondary N) is 1. The Morgan fingerprint density at radius 1 is 1.67 bits per heavy atom. The summed E-state index contributed by atoms with van der Waals surface area (Å²) in [4.78, 5) is 1.11. The summed E-state index contributed by atoms with van der Waals surface area (Å²) >= 11 is 7.69. The fourth-order valence-electron chi connectivity index (χ4n) is 1.50. The monoisotopic (exact) mass is 242 g/mol. The van der Waals surface area contributed by atoms with Crippen molar-refractivity contribution in [2.75, 3.05) is 0 Å². The van der Waals surface area contributed by atoms with Crippen LogP contribution >= 0.6 is 22.9 Å². The number of thiophene rings is 1. The van der Waals surface area contributed by atoms with Crippen LogP contribution < -0.4 is 11.3 Å². The zero-order chi connectivity index (χ0) is 10.8. The van der Waals surface area contributed by atoms with Crippen molar-refractivity contribution in [1.82, 2.24) is 15.2 Å². The molecule has 80 valence electrons. The van der Waals surface area contributed by atoms with Crippen molar-refractivity contribution in [3.63, 3.8) is 0 Å². The van der Waals surface area contributed by atoms with E-state index in [9.17, 15) is 0 Å². The molecular formula is C9H11ClN4S. The molecule has 0 aromatic carbocycles. The van der Waals surface area contributed by atoms with Gasteiger partial charge in [-0.15, -0.1) is 11.3 Å². The van der Waals surface area contributed by atoms with Gasteiger partial charge in [0.1, 0.15) is 0 Å². The van der Waals surface area contributed by atoms with Gasteiger partial charge in [-0.05, 0) is 11.4 Å². The highest BCUT2D eigenvalue weighted by atomic mass is 35.5. The Balaban J connectivity index is 2.44. The molecule has 1 unspecified atom stereocenters. The topological polar surface area (TPSA) is 55.9 Å². The van der Waals surface area contributed by atoms with Crippen LogP contribution in [0.5, 0.6) is 0 Å². The van der Waals surface area contributed by atoms with E-state index in [-0.39, 0.29) is 6.04 Å². The van der Waals surface area contributed by atoms with Crippen LogP contribution in [0, 0.1) is 0 Å². The molecule has 2 aromatic rings. The number of hydrazine groups is 1. The molecule has 0 amide bonds. The number of aryl methyl sites for hydroxylation is 1. The Hall–Kier alpha value is -0.880. The Morgan fingerprint density at radius 2 is 2.47 bits per heavy atom. The highest BCUT2D eigenvalue weighted by Gasteiger charge is 2.20. The maximum Gasteiger partial charge on any atom is 0.0984 e. The predicted octanol–water partition coefficient (Wildman–Crippen LogP) is 1.69. The number of aromatic nitrogens is 2. The smallest absolute Gasteiger partial charge is 0.0984 e. The number of hydrogen-bond acceptors (Lipinski definition) is 4. The fourth-order valence-corrected chi connectivity index (χ4v) is 2.56. The zero-order valence-corrected chi connectivity index (χ0v) is 9.72. The van der Waals surface area contributed by atoms with E-state index in [0.29, 0.717) is 5.02 Å². The number of nitrogens with zero attached hydrogens (tertiary/aromatic N) is 2. The molecule has 2 rings (SSSR count). The highest BCUT2D eigenvalue weighted by Crippen LogP contribution is 2.29. The summed E-state index contributed by atoms with van der Waals surface area (Å²) < 4.78 is 1.73. The lowest BCUT2D eigenvalue weighted by Gasteiger charge is -2.15. The van der Waals surface area contributed by atoms with Crippen molar-refractivity contribution >= 4 is 22.9 Å². The molecule has 0 aliphatic rings. The molecule has 2 heterocycles. The van der Waals surface area contributed by atoms with E-state index in [2.05, 4.69) is 10.5 Å². The second-order valence-electron chi connectivity index (χ2n) is 3.12. The lowest BCUT2D eigenvalue weighted by atomic mass is 10.2. The second kappa shape index (κ2) is 4.32. The van der Waals surface area contributed by atoms with Crippen LogP contribution in [0.4, 0.5) is 0 Å². The van der Waals surface area contributed by atoms with Crippen molar-refractivity contribution in [1.29, 1.82) is 0 Å². The molecule has 15 heavy (non-hydrogen) atoms. The van der Waals surface area contributed by atoms with Crippen molar-refractivity contribution < 1.29 is 0 Å². The van der Waals surface area contributed by atoms with Crippen molar-refractivity contribution in [3.05, 3.63) is 39.3 Å². The lowest BCUT2D eigenvalue weighted by Crippen LogP contribution is -2.30. The summed E-state index contributed by atoms with van der Waals surface area (Å²) in [6.45, 7) is 0. The van der Waals surface area contributed by atoms with Crippen molar-refractivity contribution in [2.45, 2.75) is 6.04 Å². The number of nitrogens with two attached hydrogens (primary N) is 1. The van der Waals surface area contributed by atoms with Crippen molar-refractivity contribution in [3.8, 4) is 0 Å². The zero-order valence-electron chi connectivity index (χ0n) is 8.14. The van der Waals surface area contributed by atoms with E-state index >= 15 is 0 Å². The standard InChI is InChI=1S/C9H11ClN4S/c1-14-9(6(10)5-12-14)8(13-11)7-3-2-4-15-7/h2-5,8,13H,11H2,1H3. The molecule has 0 fully saturated rings. The lowest BCUT2D eigenvalue weighted by molar-refractivity contribution is 0.582. The van der Waals surface area contributed by atoms with E-state index in [1.165, 1.54) is 0 Å². The molecule has 0 spiro atoms. The molecule has 4 nitrogen and oxygen atoms in total. The second-order valence-corrected chi connectivity index (χ2v) is 4.50. The van der Waals surface area contributed by atoms with Gasteiger partial charge in [0.05, 0.1) is 23.0 Å². The Labute approximate surface area is 96.6 Å². The van der Waals surface area contributed by atoms with Crippen LogP contribution in [0.15, 0.2) is 23.7 Å². The average Bonchev–Trinajstić information content (AvgIpc) is 2.83. The van der Waals surface area contributed by atoms with Gasteiger partial charge in [0.25, 0.3) is 0 Å². The molecule has 2 aromatic heterocycles. The van der Waals surface area contributed by atoms with Gasteiger partial charge in [-0.2, -0.15) is 5.10 Å². The first-order valence-corrected chi connectivity index (χ1v) is 5.66. The third kappa shape index (κ3) is 1.91. The minimum atomic E-state index is -0.106. The molecule has 1 atom stereocenters. The van der Waals surface area contributed by atoms with Gasteiger partial charge in [-0.3, -0.25) is 10.5 Å². The van der Waals surface area contributed by atoms with Gasteiger partial charge in [-0.25, -0.2) is 5.43 Å². The molecule has 0 aliphatic carbocycles. The third-order valence-corrected chi connectivity index (χ3v) is 3.43. The summed E-state index contributed by atoms with van der Waals surface area (Å²) in [6.07, 6.45) is 1.62. The van der Waals surface area contributed by atoms with Gasteiger partial charge in [0.2, 0.25) is 0 Å². The number of halogens is 1. The molecule has 0 saturated carbocycles. The van der Waals surface area contributed by atoms with E-state index in [4.69, 9.17) is 17.4 Å². The van der Waals surface area contributed by atoms with Crippen LogP contribution in [0.3, 0.4) is 0 Å². The van der Waals surface area contributed by atoms with Crippen molar-refractivity contribution in [2.24, 2.45) is 12.9 Å². The number of rotatable bonds is 3. The maximum atomic E-state index is 6.06. The van der Waals surface area contributed by atoms with E-state index in [1.807, 2.05) is 24.6 Å². The van der Waals surface area contributed by atoms with E-state index in [0.717, 1.165) is 10.6 Å². The molecule has 3 N–H and O–H groups in total. The van der Waals surface area contributed by atoms with Gasteiger partial charge >= 0.3 is 0 Å². The largest absolute Gasteiger partial charge is 0.270 e. The molecule has 6 heteroatoms. The Kier molecular flexibility index (Phi) is 3.06. The first kappa shape index (κ1) is 10.6. The van der Waals surface area contributed by atoms with Crippen LogP contribution in [0.25, 0.3) is 0 Å². The normalized spacial score (nSPS) is 13.0. The Morgan fingerprint density at radius 3 is 2.93 bits per heavy atom. The first-order valence-electron chi connectivity index (χ1n) is 4.41. The fraction of sp³-hybridized carbons (Fsp3) is 0.222. The molecular weight excluding hydrogens is 232 g/mol. The summed E-state index contributed by atoms with van der Waals surface area (Å²) in [6, 6.07) is 3.89. The van der Waals surface area contributed by atoms with Crippen LogP contribution in [-0.4, -0.2) is 9.78 Å². The van der Waals surface area contributed by atoms with Gasteiger partial charge in [0.15, 0.2) is 0 Å². The molecule has 0 radical (unpaired) electrons. The SMILES string of the molecule is Cn1ncc(Cl)c1C(NN)c1cccs1. The van der Waals surface area contributed by atoms with E-state index < -0.39 is 0 Å². The predicted molar refractivity (Wildman–Crippen MR) is 61.7 cm³/mol. The minimum absolute atomic E-state index is 0.106. The third-order valence-electron chi connectivity index (χ3n) is 2.21. The molecule has 0 aliphatic heterocycles. The summed E-state index contributed by atoms with van der Waals surface area (Å²) in [7, 11) is 1.85. The highest BCUT2D eigenvalue weighted by molar-refractivity contribution is 7.10. The number of hydrogen-bond donors (Lipinski definition) is 2. The van der Waals surface area contributed by atoms with E-state index in [1.54, 1.807) is 22.2 Å². The summed E-state index contributed by atoms with van der Waals surface area (Å²) in [5, 5.41) is 6.71. The van der Waals surface area contributed by atoms with Crippen LogP contribution in [0.2, 0.25) is 5.02 Å². The molecule has 0 saturated heterocycles. The van der Waals surface area contributed by atoms with Crippen LogP contribution in [0.1, 0.15) is 16.6 Å².